The Morgan fingerprint density at radius 2 is 1.45 bits per heavy atom. The molecule has 1 aliphatic carbocycles. The number of aliphatic hydroxyl groups excluding tert-OH is 1. The van der Waals surface area contributed by atoms with Gasteiger partial charge < -0.3 is 19.3 Å². The van der Waals surface area contributed by atoms with E-state index >= 15 is 0 Å². The summed E-state index contributed by atoms with van der Waals surface area (Å²) in [6.07, 6.45) is 3.84. The Balaban J connectivity index is 2.44. The van der Waals surface area contributed by atoms with Gasteiger partial charge in [0, 0.05) is 6.08 Å². The first kappa shape index (κ1) is 18.2. The standard InChI is InChI=1S/C15H22O7/c1-2-13(17)20-9-10-22-15(19)12-6-4-3-5-11(12)14(18)21-8-7-16/h2,11-12,16H,1,3-10H2. The van der Waals surface area contributed by atoms with Crippen molar-refractivity contribution in [1.29, 1.82) is 0 Å². The molecular weight excluding hydrogens is 292 g/mol. The minimum absolute atomic E-state index is 0.0526. The van der Waals surface area contributed by atoms with Crippen LogP contribution in [0.25, 0.3) is 0 Å². The topological polar surface area (TPSA) is 99.1 Å². The van der Waals surface area contributed by atoms with Gasteiger partial charge in [-0.15, -0.1) is 0 Å². The van der Waals surface area contributed by atoms with Gasteiger partial charge in [0.05, 0.1) is 18.4 Å². The zero-order chi connectivity index (χ0) is 16.4. The van der Waals surface area contributed by atoms with Crippen LogP contribution < -0.4 is 0 Å². The van der Waals surface area contributed by atoms with Crippen molar-refractivity contribution in [3.8, 4) is 0 Å². The molecule has 1 N–H and O–H groups in total. The highest BCUT2D eigenvalue weighted by molar-refractivity contribution is 5.82. The smallest absolute Gasteiger partial charge is 0.330 e. The minimum atomic E-state index is -0.584. The number of hydrogen-bond acceptors (Lipinski definition) is 7. The van der Waals surface area contributed by atoms with Gasteiger partial charge in [-0.25, -0.2) is 4.79 Å². The average Bonchev–Trinajstić information content (AvgIpc) is 2.55. The van der Waals surface area contributed by atoms with Crippen molar-refractivity contribution in [2.75, 3.05) is 26.4 Å². The molecule has 0 aromatic rings. The number of aliphatic hydroxyl groups is 1. The van der Waals surface area contributed by atoms with Crippen molar-refractivity contribution in [3.05, 3.63) is 12.7 Å². The van der Waals surface area contributed by atoms with Crippen molar-refractivity contribution >= 4 is 17.9 Å². The molecule has 1 saturated carbocycles. The molecule has 0 heterocycles. The third-order valence-electron chi connectivity index (χ3n) is 3.45. The Morgan fingerprint density at radius 3 is 1.95 bits per heavy atom. The predicted octanol–water partition coefficient (Wildman–Crippen LogP) is 0.601. The summed E-state index contributed by atoms with van der Waals surface area (Å²) in [5.74, 6) is -2.63. The minimum Gasteiger partial charge on any atom is -0.463 e. The van der Waals surface area contributed by atoms with Crippen LogP contribution in [-0.4, -0.2) is 49.4 Å². The van der Waals surface area contributed by atoms with Crippen LogP contribution in [0.15, 0.2) is 12.7 Å². The lowest BCUT2D eigenvalue weighted by Crippen LogP contribution is -2.35. The van der Waals surface area contributed by atoms with Gasteiger partial charge in [0.1, 0.15) is 19.8 Å². The van der Waals surface area contributed by atoms with Gasteiger partial charge in [-0.1, -0.05) is 19.4 Å². The van der Waals surface area contributed by atoms with Crippen molar-refractivity contribution in [2.45, 2.75) is 25.7 Å². The second-order valence-electron chi connectivity index (χ2n) is 4.93. The number of rotatable bonds is 8. The molecule has 0 spiro atoms. The molecule has 0 bridgehead atoms. The predicted molar refractivity (Wildman–Crippen MR) is 75.6 cm³/mol. The van der Waals surface area contributed by atoms with Gasteiger partial charge in [-0.3, -0.25) is 9.59 Å². The molecule has 2 atom stereocenters. The largest absolute Gasteiger partial charge is 0.463 e. The lowest BCUT2D eigenvalue weighted by atomic mass is 9.79. The normalized spacial score (nSPS) is 20.8. The average molecular weight is 314 g/mol. The number of ether oxygens (including phenoxy) is 3. The number of carbonyl (C=O) groups is 3. The van der Waals surface area contributed by atoms with Crippen LogP contribution in [0.5, 0.6) is 0 Å². The monoisotopic (exact) mass is 314 g/mol. The highest BCUT2D eigenvalue weighted by Gasteiger charge is 2.37. The maximum absolute atomic E-state index is 12.1. The molecular formula is C15H22O7. The van der Waals surface area contributed by atoms with E-state index in [2.05, 4.69) is 6.58 Å². The summed E-state index contributed by atoms with van der Waals surface area (Å²) in [4.78, 5) is 34.8. The fourth-order valence-electron chi connectivity index (χ4n) is 2.40. The van der Waals surface area contributed by atoms with E-state index in [9.17, 15) is 14.4 Å². The molecule has 0 aromatic heterocycles. The van der Waals surface area contributed by atoms with Crippen LogP contribution >= 0.6 is 0 Å². The Hall–Kier alpha value is -1.89. The maximum atomic E-state index is 12.1. The highest BCUT2D eigenvalue weighted by Crippen LogP contribution is 2.32. The van der Waals surface area contributed by atoms with E-state index in [1.54, 1.807) is 0 Å². The van der Waals surface area contributed by atoms with E-state index in [4.69, 9.17) is 19.3 Å². The molecule has 7 heteroatoms. The molecule has 0 saturated heterocycles. The fourth-order valence-corrected chi connectivity index (χ4v) is 2.40. The Kier molecular flexibility index (Phi) is 8.21. The number of carbonyl (C=O) groups excluding carboxylic acids is 3. The maximum Gasteiger partial charge on any atom is 0.330 e. The lowest BCUT2D eigenvalue weighted by Gasteiger charge is -2.28. The molecule has 7 nitrogen and oxygen atoms in total. The van der Waals surface area contributed by atoms with Crippen LogP contribution in [0, 0.1) is 11.8 Å². The molecule has 124 valence electrons. The van der Waals surface area contributed by atoms with Crippen molar-refractivity contribution < 1.29 is 33.7 Å². The van der Waals surface area contributed by atoms with Crippen molar-refractivity contribution in [2.24, 2.45) is 11.8 Å². The van der Waals surface area contributed by atoms with Gasteiger partial charge in [0.15, 0.2) is 0 Å². The van der Waals surface area contributed by atoms with Gasteiger partial charge in [-0.2, -0.15) is 0 Å². The Morgan fingerprint density at radius 1 is 0.955 bits per heavy atom. The summed E-state index contributed by atoms with van der Waals surface area (Å²) in [6.45, 7) is 2.81. The third-order valence-corrected chi connectivity index (χ3v) is 3.45. The van der Waals surface area contributed by atoms with E-state index in [0.29, 0.717) is 12.8 Å². The van der Waals surface area contributed by atoms with Crippen LogP contribution in [0.2, 0.25) is 0 Å². The first-order chi connectivity index (χ1) is 10.6. The summed E-state index contributed by atoms with van der Waals surface area (Å²) in [5.41, 5.74) is 0. The van der Waals surface area contributed by atoms with Gasteiger partial charge in [0.2, 0.25) is 0 Å². The second kappa shape index (κ2) is 9.94. The SMILES string of the molecule is C=CC(=O)OCCOC(=O)C1CCCCC1C(=O)OCCO. The van der Waals surface area contributed by atoms with Gasteiger partial charge in [-0.05, 0) is 12.8 Å². The molecule has 0 aromatic carbocycles. The van der Waals surface area contributed by atoms with E-state index in [-0.39, 0.29) is 26.4 Å². The van der Waals surface area contributed by atoms with Crippen molar-refractivity contribution in [1.82, 2.24) is 0 Å². The summed E-state index contributed by atoms with van der Waals surface area (Å²) in [5, 5.41) is 8.68. The number of esters is 3. The fraction of sp³-hybridized carbons (Fsp3) is 0.667. The van der Waals surface area contributed by atoms with Gasteiger partial charge >= 0.3 is 17.9 Å². The molecule has 2 unspecified atom stereocenters. The molecule has 22 heavy (non-hydrogen) atoms. The summed E-state index contributed by atoms with van der Waals surface area (Å²) in [7, 11) is 0. The summed E-state index contributed by atoms with van der Waals surface area (Å²) >= 11 is 0. The number of hydrogen-bond donors (Lipinski definition) is 1. The van der Waals surface area contributed by atoms with Crippen LogP contribution in [0.1, 0.15) is 25.7 Å². The molecule has 0 amide bonds. The summed E-state index contributed by atoms with van der Waals surface area (Å²) < 4.78 is 14.7. The molecule has 0 radical (unpaired) electrons. The molecule has 1 aliphatic rings. The van der Waals surface area contributed by atoms with Gasteiger partial charge in [0.25, 0.3) is 0 Å². The molecule has 1 rings (SSSR count). The Bertz CT molecular complexity index is 405. The van der Waals surface area contributed by atoms with Crippen LogP contribution in [0.3, 0.4) is 0 Å². The Labute approximate surface area is 129 Å². The van der Waals surface area contributed by atoms with Crippen LogP contribution in [0.4, 0.5) is 0 Å². The first-order valence-corrected chi connectivity index (χ1v) is 7.33. The van der Waals surface area contributed by atoms with Crippen LogP contribution in [-0.2, 0) is 28.6 Å². The van der Waals surface area contributed by atoms with Crippen molar-refractivity contribution in [3.63, 3.8) is 0 Å². The van der Waals surface area contributed by atoms with E-state index in [1.807, 2.05) is 0 Å². The lowest BCUT2D eigenvalue weighted by molar-refractivity contribution is -0.164. The van der Waals surface area contributed by atoms with E-state index < -0.39 is 29.7 Å². The zero-order valence-electron chi connectivity index (χ0n) is 12.5. The highest BCUT2D eigenvalue weighted by atomic mass is 16.6. The van der Waals surface area contributed by atoms with E-state index in [0.717, 1.165) is 18.9 Å². The molecule has 0 aliphatic heterocycles. The molecule has 1 fully saturated rings. The van der Waals surface area contributed by atoms with E-state index in [1.165, 1.54) is 0 Å². The zero-order valence-corrected chi connectivity index (χ0v) is 12.5. The second-order valence-corrected chi connectivity index (χ2v) is 4.93. The first-order valence-electron chi connectivity index (χ1n) is 7.33. The third kappa shape index (κ3) is 5.85. The quantitative estimate of drug-likeness (QED) is 0.303. The summed E-state index contributed by atoms with van der Waals surface area (Å²) in [6, 6.07) is 0.